The average Bonchev–Trinajstić information content (AvgIpc) is 3.22. The summed E-state index contributed by atoms with van der Waals surface area (Å²) in [5, 5.41) is 97.5. The number of carbonyl (C=O) groups excluding carboxylic acids is 1. The Labute approximate surface area is 375 Å². The van der Waals surface area contributed by atoms with E-state index in [1.807, 2.05) is 6.92 Å². The molecular formula is C47H74O17. The quantitative estimate of drug-likeness (QED) is 0.0902. The zero-order valence-corrected chi connectivity index (χ0v) is 38.3. The molecule has 64 heavy (non-hydrogen) atoms. The number of ether oxygens (including phenoxy) is 6. The smallest absolute Gasteiger partial charge is 0.312 e. The Morgan fingerprint density at radius 3 is 2.16 bits per heavy atom. The van der Waals surface area contributed by atoms with Gasteiger partial charge in [0.15, 0.2) is 18.9 Å². The second-order valence-electron chi connectivity index (χ2n) is 22.7. The van der Waals surface area contributed by atoms with Gasteiger partial charge in [-0.3, -0.25) is 4.79 Å². The first kappa shape index (κ1) is 48.8. The number of aliphatic hydroxyl groups excluding tert-OH is 8. The molecule has 7 fully saturated rings. The lowest BCUT2D eigenvalue weighted by Crippen LogP contribution is -2.68. The molecule has 0 aromatic carbocycles. The predicted octanol–water partition coefficient (Wildman–Crippen LogP) is 1.55. The number of hydrogen-bond donors (Lipinski definition) is 9. The second-order valence-corrected chi connectivity index (χ2v) is 22.7. The lowest BCUT2D eigenvalue weighted by atomic mass is 9.33. The lowest BCUT2D eigenvalue weighted by molar-refractivity contribution is -0.382. The van der Waals surface area contributed by atoms with Gasteiger partial charge < -0.3 is 79.2 Å². The Bertz CT molecular complexity index is 1780. The minimum Gasteiger partial charge on any atom is -0.481 e. The molecular weight excluding hydrogens is 836 g/mol. The number of hydrogen-bond acceptors (Lipinski definition) is 16. The molecule has 0 spiro atoms. The van der Waals surface area contributed by atoms with Crippen LogP contribution in [-0.4, -0.2) is 164 Å². The fourth-order valence-corrected chi connectivity index (χ4v) is 14.7. The van der Waals surface area contributed by atoms with E-state index in [0.29, 0.717) is 44.9 Å². The molecule has 3 saturated heterocycles. The SMILES string of the molecule is C[C@@H]1O[C@@H](O[C@@H]2C(O[C@@H]3OC(CO)[C@H](O)C[C@@H]3O)[C@H](O[C@H]3CCC4(C)C5CC=C6C7CC(C)(C)CCC7(C(=O)O)[C@@H](O)C[C@@]6(C)[C@@]5(C)CC[C@H]4C3(C)C=O)OC[C@H]2O)C(O)C(O)[C@H]1O. The molecule has 9 N–H and O–H groups in total. The molecule has 0 aromatic rings. The summed E-state index contributed by atoms with van der Waals surface area (Å²) in [6.45, 7) is 13.7. The number of aliphatic carboxylic acids is 1. The summed E-state index contributed by atoms with van der Waals surface area (Å²) in [5.41, 5.74) is -2.41. The number of fused-ring (bicyclic) bond motifs is 7. The van der Waals surface area contributed by atoms with Crippen LogP contribution in [0.5, 0.6) is 0 Å². The van der Waals surface area contributed by atoms with Gasteiger partial charge in [-0.25, -0.2) is 0 Å². The van der Waals surface area contributed by atoms with Crippen molar-refractivity contribution in [2.75, 3.05) is 13.2 Å². The zero-order chi connectivity index (χ0) is 46.7. The van der Waals surface area contributed by atoms with E-state index in [2.05, 4.69) is 40.7 Å². The van der Waals surface area contributed by atoms with E-state index in [4.69, 9.17) is 28.4 Å². The molecule has 3 heterocycles. The van der Waals surface area contributed by atoms with Crippen LogP contribution in [0.4, 0.5) is 0 Å². The predicted molar refractivity (Wildman–Crippen MR) is 224 cm³/mol. The molecule has 0 bridgehead atoms. The van der Waals surface area contributed by atoms with E-state index in [1.165, 1.54) is 12.5 Å². The molecule has 9 unspecified atom stereocenters. The van der Waals surface area contributed by atoms with Gasteiger partial charge in [0.1, 0.15) is 60.5 Å². The van der Waals surface area contributed by atoms with Crippen molar-refractivity contribution < 1.29 is 84.0 Å². The fourth-order valence-electron chi connectivity index (χ4n) is 14.7. The first-order valence-corrected chi connectivity index (χ1v) is 23.6. The minimum absolute atomic E-state index is 0.0760. The van der Waals surface area contributed by atoms with Gasteiger partial charge in [0.2, 0.25) is 0 Å². The molecule has 4 saturated carbocycles. The third-order valence-corrected chi connectivity index (χ3v) is 18.8. The van der Waals surface area contributed by atoms with Crippen molar-refractivity contribution in [3.05, 3.63) is 11.6 Å². The number of aliphatic hydroxyl groups is 8. The topological polar surface area (TPSA) is 272 Å². The maximum atomic E-state index is 13.8. The van der Waals surface area contributed by atoms with E-state index in [0.717, 1.165) is 19.1 Å². The standard InChI is InChI=1S/C47H74O17/c1-22-33(54)34(55)35(56)39(60-22)63-36-27(52)20-59-40(37(36)64-38-26(51)16-25(50)28(19-48)61-38)62-32-11-12-43(4)29(44(32,5)21-49)10-13-45(6)30(43)9-8-23-24-17-42(2,3)14-15-47(24,41(57)58)31(53)18-46(23,45)7/h8,21-22,24-40,48,50-56H,9-20H2,1-7H3,(H,57,58)/t22-,24?,25+,26-,27+,28?,29+,30?,31-,32-,33-,34?,35?,36-,37?,38-,39-,40-,43?,44?,45-,46+,47?/m0/s1. The highest BCUT2D eigenvalue weighted by Gasteiger charge is 2.72. The van der Waals surface area contributed by atoms with E-state index in [1.54, 1.807) is 0 Å². The maximum absolute atomic E-state index is 13.8. The van der Waals surface area contributed by atoms with Crippen molar-refractivity contribution in [3.63, 3.8) is 0 Å². The summed E-state index contributed by atoms with van der Waals surface area (Å²) in [6, 6.07) is 0. The van der Waals surface area contributed by atoms with Crippen LogP contribution in [0.1, 0.15) is 113 Å². The maximum Gasteiger partial charge on any atom is 0.312 e. The van der Waals surface area contributed by atoms with Gasteiger partial charge in [-0.15, -0.1) is 0 Å². The molecule has 5 aliphatic carbocycles. The molecule has 8 aliphatic rings. The fraction of sp³-hybridized carbons (Fsp3) is 0.915. The molecule has 0 radical (unpaired) electrons. The highest BCUT2D eigenvalue weighted by molar-refractivity contribution is 5.77. The van der Waals surface area contributed by atoms with Crippen LogP contribution in [0.3, 0.4) is 0 Å². The molecule has 23 atom stereocenters. The van der Waals surface area contributed by atoms with Crippen molar-refractivity contribution in [1.29, 1.82) is 0 Å². The van der Waals surface area contributed by atoms with Crippen LogP contribution in [-0.2, 0) is 38.0 Å². The monoisotopic (exact) mass is 910 g/mol. The van der Waals surface area contributed by atoms with Crippen LogP contribution in [0.15, 0.2) is 11.6 Å². The van der Waals surface area contributed by atoms with Crippen molar-refractivity contribution >= 4 is 12.3 Å². The van der Waals surface area contributed by atoms with Gasteiger partial charge in [-0.05, 0) is 104 Å². The number of carboxylic acid groups (broad SMARTS) is 1. The van der Waals surface area contributed by atoms with Crippen LogP contribution in [0.2, 0.25) is 0 Å². The van der Waals surface area contributed by atoms with E-state index in [9.17, 15) is 55.5 Å². The largest absolute Gasteiger partial charge is 0.481 e. The normalized spacial score (nSPS) is 54.9. The Morgan fingerprint density at radius 1 is 0.781 bits per heavy atom. The van der Waals surface area contributed by atoms with Crippen LogP contribution in [0.25, 0.3) is 0 Å². The summed E-state index contributed by atoms with van der Waals surface area (Å²) in [7, 11) is 0. The van der Waals surface area contributed by atoms with Crippen molar-refractivity contribution in [2.24, 2.45) is 50.2 Å². The number of carboxylic acids is 1. The van der Waals surface area contributed by atoms with Crippen LogP contribution < -0.4 is 0 Å². The number of aldehydes is 1. The van der Waals surface area contributed by atoms with Crippen molar-refractivity contribution in [2.45, 2.75) is 205 Å². The van der Waals surface area contributed by atoms with Gasteiger partial charge in [0.05, 0.1) is 43.0 Å². The van der Waals surface area contributed by atoms with Crippen molar-refractivity contribution in [3.8, 4) is 0 Å². The summed E-state index contributed by atoms with van der Waals surface area (Å²) in [5.74, 6) is -1.30. The number of allylic oxidation sites excluding steroid dienone is 2. The van der Waals surface area contributed by atoms with Gasteiger partial charge in [0.25, 0.3) is 0 Å². The molecule has 17 nitrogen and oxygen atoms in total. The van der Waals surface area contributed by atoms with Gasteiger partial charge >= 0.3 is 5.97 Å². The molecule has 3 aliphatic heterocycles. The van der Waals surface area contributed by atoms with Gasteiger partial charge in [-0.2, -0.15) is 0 Å². The summed E-state index contributed by atoms with van der Waals surface area (Å²) in [4.78, 5) is 27.0. The van der Waals surface area contributed by atoms with Crippen molar-refractivity contribution in [1.82, 2.24) is 0 Å². The third-order valence-electron chi connectivity index (χ3n) is 18.8. The minimum atomic E-state index is -1.74. The first-order chi connectivity index (χ1) is 29.9. The average molecular weight is 911 g/mol. The molecule has 17 heteroatoms. The molecule has 0 amide bonds. The van der Waals surface area contributed by atoms with E-state index in [-0.39, 0.29) is 47.0 Å². The number of rotatable bonds is 9. The van der Waals surface area contributed by atoms with Gasteiger partial charge in [0, 0.05) is 6.42 Å². The van der Waals surface area contributed by atoms with Gasteiger partial charge in [-0.1, -0.05) is 53.2 Å². The summed E-state index contributed by atoms with van der Waals surface area (Å²) in [6.07, 6.45) is -11.5. The van der Waals surface area contributed by atoms with E-state index < -0.39 is 121 Å². The zero-order valence-electron chi connectivity index (χ0n) is 38.3. The Morgan fingerprint density at radius 2 is 1.48 bits per heavy atom. The summed E-state index contributed by atoms with van der Waals surface area (Å²) >= 11 is 0. The van der Waals surface area contributed by atoms with E-state index >= 15 is 0 Å². The highest BCUT2D eigenvalue weighted by atomic mass is 16.8. The second kappa shape index (κ2) is 17.1. The first-order valence-electron chi connectivity index (χ1n) is 23.6. The van der Waals surface area contributed by atoms with Crippen LogP contribution in [0, 0.1) is 50.2 Å². The molecule has 8 rings (SSSR count). The third kappa shape index (κ3) is 7.40. The van der Waals surface area contributed by atoms with Crippen LogP contribution >= 0.6 is 0 Å². The Hall–Kier alpha value is -1.68. The molecule has 0 aromatic heterocycles. The molecule has 364 valence electrons. The Balaban J connectivity index is 1.09. The number of carbonyl (C=O) groups is 2. The summed E-state index contributed by atoms with van der Waals surface area (Å²) < 4.78 is 37.0. The highest BCUT2D eigenvalue weighted by Crippen LogP contribution is 2.76. The lowest BCUT2D eigenvalue weighted by Gasteiger charge is -2.71. The Kier molecular flexibility index (Phi) is 13.0.